The van der Waals surface area contributed by atoms with Crippen LogP contribution in [-0.2, 0) is 24.2 Å². The average Bonchev–Trinajstić information content (AvgIpc) is 3.84. The first-order valence-electron chi connectivity index (χ1n) is 16.9. The highest BCUT2D eigenvalue weighted by atomic mass is 35.5. The maximum atomic E-state index is 12.6. The van der Waals surface area contributed by atoms with Crippen LogP contribution in [0.2, 0.25) is 5.02 Å². The first-order valence-corrected chi connectivity index (χ1v) is 17.2. The van der Waals surface area contributed by atoms with Crippen molar-refractivity contribution in [1.82, 2.24) is 14.4 Å². The molecular formula is C37H49ClN3O7+. The van der Waals surface area contributed by atoms with Crippen LogP contribution in [0.15, 0.2) is 48.7 Å². The number of benzene rings is 2. The highest BCUT2D eigenvalue weighted by Gasteiger charge is 2.39. The maximum absolute atomic E-state index is 12.6. The van der Waals surface area contributed by atoms with Gasteiger partial charge in [0, 0.05) is 54.3 Å². The van der Waals surface area contributed by atoms with Crippen molar-refractivity contribution >= 4 is 23.3 Å². The van der Waals surface area contributed by atoms with E-state index >= 15 is 0 Å². The number of aliphatic hydroxyl groups excluding tert-OH is 5. The standard InChI is InChI=1S/C37H49ClN3O7/c1-23-18-25(30(38)19-24(23)8-4-7-11-34(45)40(2)20-31(43)35(46)36(47)32(44)22-42)21-41(3)17-15-29-27(14-16-39-37(29)41)28-9-5-6-10-33(28)48-26-12-13-26/h5-6,9-10,14,16,18-19,26,31-32,35-36,42-44,46-47H,4,7-8,11-13,15,17,20-22H2,1-3H3/q+1/t31-,32+,35+,36+,41?/m0/s1. The predicted octanol–water partition coefficient (Wildman–Crippen LogP) is 3.55. The molecule has 48 heavy (non-hydrogen) atoms. The highest BCUT2D eigenvalue weighted by Crippen LogP contribution is 2.43. The number of carbonyl (C=O) groups excluding carboxylic acids is 1. The van der Waals surface area contributed by atoms with Crippen LogP contribution in [0.25, 0.3) is 11.1 Å². The van der Waals surface area contributed by atoms with Gasteiger partial charge < -0.3 is 35.2 Å². The van der Waals surface area contributed by atoms with Gasteiger partial charge in [0.25, 0.3) is 0 Å². The molecule has 2 aromatic carbocycles. The zero-order valence-corrected chi connectivity index (χ0v) is 28.8. The Morgan fingerprint density at radius 3 is 2.50 bits per heavy atom. The fourth-order valence-electron chi connectivity index (χ4n) is 6.61. The molecule has 1 aromatic heterocycles. The van der Waals surface area contributed by atoms with Crippen molar-refractivity contribution in [3.05, 3.63) is 75.9 Å². The van der Waals surface area contributed by atoms with Gasteiger partial charge in [-0.2, -0.15) is 0 Å². The maximum Gasteiger partial charge on any atom is 0.231 e. The Bertz CT molecular complexity index is 1580. The minimum absolute atomic E-state index is 0.206. The summed E-state index contributed by atoms with van der Waals surface area (Å²) in [5, 5.41) is 49.2. The summed E-state index contributed by atoms with van der Waals surface area (Å²) in [6, 6.07) is 14.6. The summed E-state index contributed by atoms with van der Waals surface area (Å²) in [6.07, 6.45) is 1.29. The molecule has 11 heteroatoms. The topological polar surface area (TPSA) is 144 Å². The fourth-order valence-corrected chi connectivity index (χ4v) is 6.85. The molecule has 0 radical (unpaired) electrons. The Morgan fingerprint density at radius 1 is 1.04 bits per heavy atom. The van der Waals surface area contributed by atoms with Crippen LogP contribution >= 0.6 is 11.6 Å². The van der Waals surface area contributed by atoms with Crippen LogP contribution in [0, 0.1) is 6.92 Å². The molecule has 1 unspecified atom stereocenters. The van der Waals surface area contributed by atoms with Crippen molar-refractivity contribution in [3.8, 4) is 16.9 Å². The normalized spacial score (nSPS) is 19.8. The molecule has 0 saturated heterocycles. The smallest absolute Gasteiger partial charge is 0.231 e. The largest absolute Gasteiger partial charge is 0.490 e. The van der Waals surface area contributed by atoms with Gasteiger partial charge in [-0.15, -0.1) is 0 Å². The van der Waals surface area contributed by atoms with Crippen LogP contribution in [0.4, 0.5) is 5.82 Å². The van der Waals surface area contributed by atoms with Gasteiger partial charge in [-0.25, -0.2) is 4.98 Å². The van der Waals surface area contributed by atoms with Gasteiger partial charge in [0.1, 0.15) is 36.7 Å². The monoisotopic (exact) mass is 682 g/mol. The van der Waals surface area contributed by atoms with Gasteiger partial charge in [0.2, 0.25) is 11.7 Å². The van der Waals surface area contributed by atoms with Gasteiger partial charge >= 0.3 is 0 Å². The first kappa shape index (κ1) is 36.2. The molecule has 5 rings (SSSR count). The number of hydrogen-bond acceptors (Lipinski definition) is 8. The van der Waals surface area contributed by atoms with Gasteiger partial charge in [-0.05, 0) is 80.0 Å². The fraction of sp³-hybridized carbons (Fsp3) is 0.514. The molecule has 1 aliphatic carbocycles. The molecule has 5 atom stereocenters. The molecule has 1 fully saturated rings. The Morgan fingerprint density at radius 2 is 1.77 bits per heavy atom. The van der Waals surface area contributed by atoms with Crippen molar-refractivity contribution in [2.75, 3.05) is 33.8 Å². The second-order valence-electron chi connectivity index (χ2n) is 13.7. The van der Waals surface area contributed by atoms with Gasteiger partial charge in [-0.3, -0.25) is 9.28 Å². The number of para-hydroxylation sites is 1. The van der Waals surface area contributed by atoms with Crippen LogP contribution < -0.4 is 9.22 Å². The van der Waals surface area contributed by atoms with Crippen molar-refractivity contribution < 1.29 is 35.1 Å². The quantitative estimate of drug-likeness (QED) is 0.114. The molecule has 1 aliphatic heterocycles. The van der Waals surface area contributed by atoms with E-state index in [4.69, 9.17) is 26.4 Å². The van der Waals surface area contributed by atoms with E-state index in [0.29, 0.717) is 17.0 Å². The van der Waals surface area contributed by atoms with E-state index in [1.165, 1.54) is 23.1 Å². The van der Waals surface area contributed by atoms with Crippen molar-refractivity contribution in [1.29, 1.82) is 0 Å². The van der Waals surface area contributed by atoms with E-state index in [1.54, 1.807) is 0 Å². The number of halogens is 1. The third-order valence-corrected chi connectivity index (χ3v) is 10.1. The van der Waals surface area contributed by atoms with E-state index in [2.05, 4.69) is 44.3 Å². The highest BCUT2D eigenvalue weighted by molar-refractivity contribution is 6.31. The van der Waals surface area contributed by atoms with E-state index < -0.39 is 31.0 Å². The third-order valence-electron chi connectivity index (χ3n) is 9.72. The Hall–Kier alpha value is -3.09. The summed E-state index contributed by atoms with van der Waals surface area (Å²) >= 11 is 6.90. The van der Waals surface area contributed by atoms with Crippen LogP contribution in [0.5, 0.6) is 5.75 Å². The zero-order chi connectivity index (χ0) is 34.6. The summed E-state index contributed by atoms with van der Waals surface area (Å²) in [5.41, 5.74) is 6.93. The van der Waals surface area contributed by atoms with E-state index in [9.17, 15) is 25.2 Å². The number of aryl methyl sites for hydroxylation is 2. The minimum Gasteiger partial charge on any atom is -0.490 e. The zero-order valence-electron chi connectivity index (χ0n) is 28.1. The number of likely N-dealkylation sites (N-methyl/N-ethyl adjacent to an activating group) is 2. The Labute approximate surface area is 287 Å². The number of fused-ring (bicyclic) bond motifs is 1. The number of hydrogen-bond donors (Lipinski definition) is 5. The van der Waals surface area contributed by atoms with Crippen molar-refractivity contribution in [3.63, 3.8) is 0 Å². The second-order valence-corrected chi connectivity index (χ2v) is 14.1. The molecule has 0 spiro atoms. The van der Waals surface area contributed by atoms with E-state index in [-0.39, 0.29) is 18.9 Å². The summed E-state index contributed by atoms with van der Waals surface area (Å²) in [6.45, 7) is 2.76. The molecule has 1 amide bonds. The van der Waals surface area contributed by atoms with Crippen molar-refractivity contribution in [2.24, 2.45) is 0 Å². The number of nitrogens with zero attached hydrogens (tertiary/aromatic N) is 3. The lowest BCUT2D eigenvalue weighted by Gasteiger charge is -2.29. The lowest BCUT2D eigenvalue weighted by Crippen LogP contribution is -2.49. The summed E-state index contributed by atoms with van der Waals surface area (Å²) in [5.74, 6) is 1.80. The third kappa shape index (κ3) is 8.37. The number of ether oxygens (including phenoxy) is 1. The summed E-state index contributed by atoms with van der Waals surface area (Å²) in [7, 11) is 3.74. The van der Waals surface area contributed by atoms with Crippen LogP contribution in [0.3, 0.4) is 0 Å². The van der Waals surface area contributed by atoms with Crippen LogP contribution in [0.1, 0.15) is 54.4 Å². The molecule has 0 bridgehead atoms. The summed E-state index contributed by atoms with van der Waals surface area (Å²) in [4.78, 5) is 18.8. The number of carbonyl (C=O) groups is 1. The Kier molecular flexibility index (Phi) is 11.8. The number of rotatable bonds is 16. The molecule has 2 heterocycles. The predicted molar refractivity (Wildman–Crippen MR) is 186 cm³/mol. The second kappa shape index (κ2) is 15.6. The number of aliphatic hydroxyl groups is 5. The molecule has 260 valence electrons. The number of unbranched alkanes of at least 4 members (excludes halogenated alkanes) is 1. The van der Waals surface area contributed by atoms with Crippen molar-refractivity contribution in [2.45, 2.75) is 88.9 Å². The molecular weight excluding hydrogens is 634 g/mol. The lowest BCUT2D eigenvalue weighted by atomic mass is 9.98. The van der Waals surface area contributed by atoms with Crippen LogP contribution in [-0.4, -0.2) is 106 Å². The number of pyridine rings is 1. The Balaban J connectivity index is 1.17. The average molecular weight is 683 g/mol. The van der Waals surface area contributed by atoms with Gasteiger partial charge in [0.15, 0.2) is 0 Å². The van der Waals surface area contributed by atoms with E-state index in [1.807, 2.05) is 18.3 Å². The molecule has 10 nitrogen and oxygen atoms in total. The number of aromatic nitrogens is 1. The molecule has 1 saturated carbocycles. The molecule has 2 aliphatic rings. The van der Waals surface area contributed by atoms with Gasteiger partial charge in [-0.1, -0.05) is 29.8 Å². The lowest BCUT2D eigenvalue weighted by molar-refractivity contribution is -0.138. The van der Waals surface area contributed by atoms with Gasteiger partial charge in [0.05, 0.1) is 26.3 Å². The first-order chi connectivity index (χ1) is 22.9. The SMILES string of the molecule is Cc1cc(C[N+]2(C)CCc3c(-c4ccccc4OC4CC4)ccnc32)c(Cl)cc1CCCCC(=O)N(C)C[C@H](O)[C@@H](O)[C@H](O)[C@H](O)CO. The molecule has 3 aromatic rings. The number of amides is 1. The minimum atomic E-state index is -1.73. The number of quaternary nitrogens is 1. The molecule has 5 N–H and O–H groups in total. The summed E-state index contributed by atoms with van der Waals surface area (Å²) < 4.78 is 6.92. The van der Waals surface area contributed by atoms with E-state index in [0.717, 1.165) is 84.0 Å².